The highest BCUT2D eigenvalue weighted by Crippen LogP contribution is 2.33. The molecule has 3 N–H and O–H groups in total. The maximum absolute atomic E-state index is 11.7. The number of hydrogen-bond acceptors (Lipinski definition) is 2. The van der Waals surface area contributed by atoms with Crippen molar-refractivity contribution in [1.29, 1.82) is 0 Å². The van der Waals surface area contributed by atoms with Crippen LogP contribution in [0, 0.1) is 0 Å². The first-order valence-electron chi connectivity index (χ1n) is 5.46. The van der Waals surface area contributed by atoms with Gasteiger partial charge < -0.3 is 5.73 Å². The van der Waals surface area contributed by atoms with Crippen molar-refractivity contribution < 1.29 is 4.79 Å². The highest BCUT2D eigenvalue weighted by atomic mass is 35.5. The molecule has 2 rings (SSSR count). The van der Waals surface area contributed by atoms with Crippen molar-refractivity contribution in [3.8, 4) is 0 Å². The van der Waals surface area contributed by atoms with E-state index in [-0.39, 0.29) is 0 Å². The van der Waals surface area contributed by atoms with Gasteiger partial charge in [-0.15, -0.1) is 0 Å². The van der Waals surface area contributed by atoms with E-state index in [1.807, 2.05) is 0 Å². The van der Waals surface area contributed by atoms with Gasteiger partial charge in [-0.2, -0.15) is 0 Å². The molecule has 0 aliphatic heterocycles. The van der Waals surface area contributed by atoms with Crippen molar-refractivity contribution in [3.63, 3.8) is 0 Å². The number of benzene rings is 1. The van der Waals surface area contributed by atoms with Crippen LogP contribution in [0.4, 0.5) is 0 Å². The smallest absolute Gasteiger partial charge is 0.242 e. The fourth-order valence-electron chi connectivity index (χ4n) is 1.80. The van der Waals surface area contributed by atoms with Crippen LogP contribution in [0.15, 0.2) is 18.2 Å². The summed E-state index contributed by atoms with van der Waals surface area (Å²) in [6.45, 7) is 1.74. The number of carbonyl (C=O) groups is 1. The second-order valence-corrected chi connectivity index (χ2v) is 5.38. The summed E-state index contributed by atoms with van der Waals surface area (Å²) in [7, 11) is 0. The molecule has 1 fully saturated rings. The summed E-state index contributed by atoms with van der Waals surface area (Å²) >= 11 is 12.1. The van der Waals surface area contributed by atoms with Crippen LogP contribution in [0.3, 0.4) is 0 Å². The molecule has 0 heterocycles. The highest BCUT2D eigenvalue weighted by Gasteiger charge is 2.39. The largest absolute Gasteiger partial charge is 0.368 e. The molecule has 0 spiro atoms. The predicted octanol–water partition coefficient (Wildman–Crippen LogP) is 2.45. The molecular weight excluding hydrogens is 259 g/mol. The fraction of sp³-hybridized carbons (Fsp3) is 0.417. The Labute approximate surface area is 110 Å². The molecule has 0 bridgehead atoms. The van der Waals surface area contributed by atoms with E-state index >= 15 is 0 Å². The van der Waals surface area contributed by atoms with E-state index in [0.717, 1.165) is 12.8 Å². The Bertz CT molecular complexity index is 460. The lowest BCUT2D eigenvalue weighted by atomic mass is 9.91. The van der Waals surface area contributed by atoms with E-state index < -0.39 is 11.4 Å². The number of halogens is 2. The summed E-state index contributed by atoms with van der Waals surface area (Å²) in [6, 6.07) is 5.38. The number of nitrogens with two attached hydrogens (primary N) is 1. The van der Waals surface area contributed by atoms with Gasteiger partial charge in [0.2, 0.25) is 5.91 Å². The average Bonchev–Trinajstić information content (AvgIpc) is 3.05. The molecule has 0 saturated heterocycles. The van der Waals surface area contributed by atoms with Gasteiger partial charge in [0, 0.05) is 21.7 Å². The highest BCUT2D eigenvalue weighted by molar-refractivity contribution is 6.34. The Kier molecular flexibility index (Phi) is 3.34. The molecule has 0 aromatic heterocycles. The number of amides is 1. The van der Waals surface area contributed by atoms with Gasteiger partial charge in [-0.3, -0.25) is 10.1 Å². The summed E-state index contributed by atoms with van der Waals surface area (Å²) in [5.41, 5.74) is 5.16. The molecule has 1 aromatic carbocycles. The number of nitrogens with one attached hydrogen (secondary N) is 1. The van der Waals surface area contributed by atoms with E-state index in [0.29, 0.717) is 21.7 Å². The molecule has 1 aromatic rings. The summed E-state index contributed by atoms with van der Waals surface area (Å²) < 4.78 is 0. The molecule has 3 nitrogen and oxygen atoms in total. The van der Waals surface area contributed by atoms with Gasteiger partial charge in [-0.1, -0.05) is 23.2 Å². The van der Waals surface area contributed by atoms with Crippen molar-refractivity contribution >= 4 is 29.1 Å². The number of rotatable bonds is 4. The predicted molar refractivity (Wildman–Crippen MR) is 69.2 cm³/mol. The van der Waals surface area contributed by atoms with E-state index in [2.05, 4.69) is 5.32 Å². The lowest BCUT2D eigenvalue weighted by molar-refractivity contribution is -0.124. The van der Waals surface area contributed by atoms with Crippen LogP contribution in [0.5, 0.6) is 0 Å². The molecule has 1 amide bonds. The van der Waals surface area contributed by atoms with E-state index in [4.69, 9.17) is 28.9 Å². The van der Waals surface area contributed by atoms with Crippen LogP contribution in [-0.2, 0) is 10.3 Å². The minimum Gasteiger partial charge on any atom is -0.368 e. The molecule has 1 aliphatic rings. The zero-order valence-electron chi connectivity index (χ0n) is 9.47. The average molecular weight is 273 g/mol. The van der Waals surface area contributed by atoms with Gasteiger partial charge in [-0.25, -0.2) is 0 Å². The number of carbonyl (C=O) groups excluding carboxylic acids is 1. The third-order valence-electron chi connectivity index (χ3n) is 3.03. The summed E-state index contributed by atoms with van der Waals surface area (Å²) in [5, 5.41) is 4.26. The fourth-order valence-corrected chi connectivity index (χ4v) is 2.28. The molecule has 0 radical (unpaired) electrons. The summed E-state index contributed by atoms with van der Waals surface area (Å²) in [6.07, 6.45) is 2.11. The zero-order valence-corrected chi connectivity index (χ0v) is 11.0. The Morgan fingerprint density at radius 2 is 2.12 bits per heavy atom. The van der Waals surface area contributed by atoms with Crippen LogP contribution in [0.2, 0.25) is 10.0 Å². The van der Waals surface area contributed by atoms with Gasteiger partial charge in [0.05, 0.1) is 0 Å². The Hall–Kier alpha value is -0.770. The molecule has 1 aliphatic carbocycles. The van der Waals surface area contributed by atoms with Crippen molar-refractivity contribution in [2.24, 2.45) is 5.73 Å². The Morgan fingerprint density at radius 3 is 2.65 bits per heavy atom. The van der Waals surface area contributed by atoms with Gasteiger partial charge in [0.15, 0.2) is 0 Å². The lowest BCUT2D eigenvalue weighted by Crippen LogP contribution is -2.51. The maximum atomic E-state index is 11.7. The van der Waals surface area contributed by atoms with Crippen LogP contribution >= 0.6 is 23.2 Å². The first kappa shape index (κ1) is 12.7. The SMILES string of the molecule is CC(NC1CC1)(C(N)=O)c1cc(Cl)ccc1Cl. The Balaban J connectivity index is 2.43. The zero-order chi connectivity index (χ0) is 12.6. The second-order valence-electron chi connectivity index (χ2n) is 4.53. The molecule has 92 valence electrons. The standard InChI is InChI=1S/C12H14Cl2N2O/c1-12(11(15)17,16-8-3-4-8)9-6-7(13)2-5-10(9)14/h2,5-6,8,16H,3-4H2,1H3,(H2,15,17). The van der Waals surface area contributed by atoms with Crippen molar-refractivity contribution in [2.75, 3.05) is 0 Å². The molecule has 17 heavy (non-hydrogen) atoms. The molecule has 1 unspecified atom stereocenters. The van der Waals surface area contributed by atoms with E-state index in [1.165, 1.54) is 0 Å². The second kappa shape index (κ2) is 4.48. The monoisotopic (exact) mass is 272 g/mol. The quantitative estimate of drug-likeness (QED) is 0.885. The third kappa shape index (κ3) is 2.57. The minimum absolute atomic E-state index is 0.336. The lowest BCUT2D eigenvalue weighted by Gasteiger charge is -2.29. The molecule has 1 saturated carbocycles. The van der Waals surface area contributed by atoms with E-state index in [9.17, 15) is 4.79 Å². The van der Waals surface area contributed by atoms with Crippen molar-refractivity contribution in [1.82, 2.24) is 5.32 Å². The first-order chi connectivity index (χ1) is 7.93. The third-order valence-corrected chi connectivity index (χ3v) is 3.59. The van der Waals surface area contributed by atoms with Gasteiger partial charge >= 0.3 is 0 Å². The number of hydrogen-bond donors (Lipinski definition) is 2. The molecule has 5 heteroatoms. The van der Waals surface area contributed by atoms with Gasteiger partial charge in [-0.05, 0) is 38.0 Å². The Morgan fingerprint density at radius 1 is 1.47 bits per heavy atom. The van der Waals surface area contributed by atoms with Crippen LogP contribution in [0.25, 0.3) is 0 Å². The number of primary amides is 1. The van der Waals surface area contributed by atoms with Crippen molar-refractivity contribution in [2.45, 2.75) is 31.3 Å². The summed E-state index contributed by atoms with van der Waals surface area (Å²) in [4.78, 5) is 11.7. The normalized spacial score (nSPS) is 18.8. The first-order valence-corrected chi connectivity index (χ1v) is 6.22. The molecular formula is C12H14Cl2N2O. The van der Waals surface area contributed by atoms with Crippen LogP contribution in [-0.4, -0.2) is 11.9 Å². The van der Waals surface area contributed by atoms with E-state index in [1.54, 1.807) is 25.1 Å². The maximum Gasteiger partial charge on any atom is 0.242 e. The van der Waals surface area contributed by atoms with Gasteiger partial charge in [0.1, 0.15) is 5.54 Å². The van der Waals surface area contributed by atoms with Crippen LogP contribution < -0.4 is 11.1 Å². The summed E-state index contributed by atoms with van der Waals surface area (Å²) in [5.74, 6) is -0.450. The van der Waals surface area contributed by atoms with Crippen LogP contribution in [0.1, 0.15) is 25.3 Å². The minimum atomic E-state index is -0.969. The van der Waals surface area contributed by atoms with Crippen molar-refractivity contribution in [3.05, 3.63) is 33.8 Å². The molecule has 1 atom stereocenters. The topological polar surface area (TPSA) is 55.1 Å². The van der Waals surface area contributed by atoms with Gasteiger partial charge in [0.25, 0.3) is 0 Å².